The average molecular weight is 476 g/mol. The van der Waals surface area contributed by atoms with Gasteiger partial charge in [-0.05, 0) is 19.8 Å². The van der Waals surface area contributed by atoms with Gasteiger partial charge in [0, 0.05) is 41.2 Å². The zero-order valence-corrected chi connectivity index (χ0v) is 19.7. The van der Waals surface area contributed by atoms with Crippen molar-refractivity contribution in [3.8, 4) is 0 Å². The highest BCUT2D eigenvalue weighted by Crippen LogP contribution is 2.04. The van der Waals surface area contributed by atoms with Gasteiger partial charge >= 0.3 is 11.4 Å². The number of ketones is 1. The molecule has 0 spiro atoms. The summed E-state index contributed by atoms with van der Waals surface area (Å²) in [6.45, 7) is 1.85. The maximum atomic E-state index is 12.3. The number of rotatable bonds is 5. The Morgan fingerprint density at radius 2 is 1.53 bits per heavy atom. The molecule has 184 valence electrons. The molecule has 0 radical (unpaired) electrons. The molecule has 4 heterocycles. The molecule has 14 heteroatoms. The summed E-state index contributed by atoms with van der Waals surface area (Å²) in [5.41, 5.74) is 0.119. The van der Waals surface area contributed by atoms with Gasteiger partial charge in [0.15, 0.2) is 16.8 Å². The molecule has 0 unspecified atom stereocenters. The lowest BCUT2D eigenvalue weighted by Gasteiger charge is -2.08. The average Bonchev–Trinajstić information content (AvgIpc) is 3.42. The first-order chi connectivity index (χ1) is 15.6. The minimum atomic E-state index is -0.371. The zero-order valence-electron chi connectivity index (χ0n) is 19.7. The first kappa shape index (κ1) is 26.2. The van der Waals surface area contributed by atoms with Crippen LogP contribution in [0, 0.1) is 0 Å². The molecule has 4 aromatic heterocycles. The van der Waals surface area contributed by atoms with Crippen molar-refractivity contribution >= 4 is 28.1 Å². The lowest BCUT2D eigenvalue weighted by atomic mass is 10.2. The second kappa shape index (κ2) is 10.2. The molecular weight excluding hydrogens is 448 g/mol. The van der Waals surface area contributed by atoms with Gasteiger partial charge in [-0.15, -0.1) is 0 Å². The summed E-state index contributed by atoms with van der Waals surface area (Å²) in [6, 6.07) is 0. The van der Waals surface area contributed by atoms with Gasteiger partial charge in [-0.25, -0.2) is 19.6 Å². The first-order valence-electron chi connectivity index (χ1n) is 10.3. The molecule has 3 N–H and O–H groups in total. The van der Waals surface area contributed by atoms with E-state index < -0.39 is 0 Å². The summed E-state index contributed by atoms with van der Waals surface area (Å²) in [5, 5.41) is 0. The van der Waals surface area contributed by atoms with E-state index in [4.69, 9.17) is 0 Å². The van der Waals surface area contributed by atoms with Crippen LogP contribution in [0.25, 0.3) is 22.3 Å². The Morgan fingerprint density at radius 3 is 2.18 bits per heavy atom. The van der Waals surface area contributed by atoms with Crippen molar-refractivity contribution in [3.63, 3.8) is 0 Å². The fourth-order valence-corrected chi connectivity index (χ4v) is 3.51. The van der Waals surface area contributed by atoms with E-state index in [0.717, 1.165) is 4.57 Å². The molecular formula is C20H28N8O6. The van der Waals surface area contributed by atoms with Crippen molar-refractivity contribution in [1.29, 1.82) is 0 Å². The van der Waals surface area contributed by atoms with Gasteiger partial charge in [0.25, 0.3) is 11.1 Å². The second-order valence-corrected chi connectivity index (χ2v) is 7.79. The Kier molecular flexibility index (Phi) is 7.89. The Morgan fingerprint density at radius 1 is 0.882 bits per heavy atom. The normalized spacial score (nSPS) is 10.7. The number of imidazole rings is 2. The van der Waals surface area contributed by atoms with Crippen molar-refractivity contribution in [3.05, 3.63) is 54.3 Å². The van der Waals surface area contributed by atoms with Crippen LogP contribution in [-0.4, -0.2) is 49.0 Å². The summed E-state index contributed by atoms with van der Waals surface area (Å²) in [4.78, 5) is 68.8. The summed E-state index contributed by atoms with van der Waals surface area (Å²) in [6.07, 6.45) is 4.69. The van der Waals surface area contributed by atoms with Gasteiger partial charge in [0.2, 0.25) is 0 Å². The fraction of sp³-hybridized carbons (Fsp3) is 0.450. The molecule has 4 rings (SSSR count). The number of unbranched alkanes of at least 4 members (excludes halogenated alkanes) is 1. The molecule has 0 saturated carbocycles. The minimum absolute atomic E-state index is 0. The number of H-pyrrole nitrogens is 1. The number of carbonyl (C=O) groups excluding carboxylic acids is 1. The van der Waals surface area contributed by atoms with Crippen LogP contribution in [0.4, 0.5) is 0 Å². The number of aryl methyl sites for hydroxylation is 3. The van der Waals surface area contributed by atoms with E-state index in [1.165, 1.54) is 40.3 Å². The standard InChI is InChI=1S/C13H18N4O3.C7H8N4O2.H2O/c1-9(18)6-4-5-7-17-12(19)10-11(14-8-15(10)2)16(3)13(17)20;1-10-5-4(8-3-9-5)6(12)11(2)7(10)13;/h8H,4-7H2,1-3H3;3H,1-2H3,(H,8,9);1H2. The number of hydrogen-bond acceptors (Lipinski definition) is 7. The van der Waals surface area contributed by atoms with Crippen LogP contribution in [0.3, 0.4) is 0 Å². The highest BCUT2D eigenvalue weighted by molar-refractivity contribution is 5.75. The smallest absolute Gasteiger partial charge is 0.332 e. The van der Waals surface area contributed by atoms with Crippen LogP contribution in [-0.2, 0) is 39.5 Å². The number of carbonyl (C=O) groups is 1. The van der Waals surface area contributed by atoms with E-state index >= 15 is 0 Å². The van der Waals surface area contributed by atoms with Gasteiger partial charge in [-0.1, -0.05) is 0 Å². The number of aromatic amines is 1. The van der Waals surface area contributed by atoms with E-state index in [-0.39, 0.29) is 33.8 Å². The van der Waals surface area contributed by atoms with E-state index in [0.29, 0.717) is 48.1 Å². The van der Waals surface area contributed by atoms with Gasteiger partial charge in [-0.2, -0.15) is 0 Å². The van der Waals surface area contributed by atoms with Crippen LogP contribution < -0.4 is 22.5 Å². The summed E-state index contributed by atoms with van der Waals surface area (Å²) in [5.74, 6) is 0.118. The lowest BCUT2D eigenvalue weighted by Crippen LogP contribution is -2.39. The number of nitrogens with zero attached hydrogens (tertiary/aromatic N) is 7. The van der Waals surface area contributed by atoms with Crippen molar-refractivity contribution in [1.82, 2.24) is 37.8 Å². The van der Waals surface area contributed by atoms with Crippen molar-refractivity contribution < 1.29 is 10.3 Å². The maximum absolute atomic E-state index is 12.3. The summed E-state index contributed by atoms with van der Waals surface area (Å²) >= 11 is 0. The maximum Gasteiger partial charge on any atom is 0.332 e. The van der Waals surface area contributed by atoms with E-state index in [1.54, 1.807) is 25.7 Å². The monoisotopic (exact) mass is 476 g/mol. The Bertz CT molecular complexity index is 1580. The van der Waals surface area contributed by atoms with E-state index in [1.807, 2.05) is 0 Å². The number of Topliss-reactive ketones (excluding diaryl/α,β-unsaturated/α-hetero) is 1. The molecule has 0 aliphatic heterocycles. The summed E-state index contributed by atoms with van der Waals surface area (Å²) in [7, 11) is 6.33. The van der Waals surface area contributed by atoms with E-state index in [9.17, 15) is 24.0 Å². The number of fused-ring (bicyclic) bond motifs is 2. The van der Waals surface area contributed by atoms with E-state index in [2.05, 4.69) is 15.0 Å². The number of hydrogen-bond donors (Lipinski definition) is 1. The molecule has 4 aromatic rings. The molecule has 0 aliphatic carbocycles. The highest BCUT2D eigenvalue weighted by atomic mass is 16.2. The van der Waals surface area contributed by atoms with Gasteiger partial charge in [-0.3, -0.25) is 27.9 Å². The fourth-order valence-electron chi connectivity index (χ4n) is 3.51. The molecule has 14 nitrogen and oxygen atoms in total. The molecule has 0 atom stereocenters. The van der Waals surface area contributed by atoms with Gasteiger partial charge in [0.1, 0.15) is 11.3 Å². The zero-order chi connectivity index (χ0) is 24.4. The Balaban J connectivity index is 0.000000253. The molecule has 0 saturated heterocycles. The first-order valence-corrected chi connectivity index (χ1v) is 10.3. The number of nitrogens with one attached hydrogen (secondary N) is 1. The van der Waals surface area contributed by atoms with Crippen LogP contribution in [0.5, 0.6) is 0 Å². The van der Waals surface area contributed by atoms with Crippen LogP contribution >= 0.6 is 0 Å². The van der Waals surface area contributed by atoms with Crippen LogP contribution in [0.15, 0.2) is 31.8 Å². The van der Waals surface area contributed by atoms with Crippen LogP contribution in [0.1, 0.15) is 26.2 Å². The molecule has 0 aromatic carbocycles. The highest BCUT2D eigenvalue weighted by Gasteiger charge is 2.14. The van der Waals surface area contributed by atoms with Gasteiger partial charge < -0.3 is 19.8 Å². The number of aromatic nitrogens is 8. The topological polar surface area (TPSA) is 183 Å². The lowest BCUT2D eigenvalue weighted by molar-refractivity contribution is -0.117. The third-order valence-electron chi connectivity index (χ3n) is 5.39. The quantitative estimate of drug-likeness (QED) is 0.334. The predicted octanol–water partition coefficient (Wildman–Crippen LogP) is -1.67. The summed E-state index contributed by atoms with van der Waals surface area (Å²) < 4.78 is 6.57. The second-order valence-electron chi connectivity index (χ2n) is 7.79. The Labute approximate surface area is 192 Å². The minimum Gasteiger partial charge on any atom is -0.412 e. The predicted molar refractivity (Wildman–Crippen MR) is 125 cm³/mol. The Hall–Kier alpha value is -4.07. The third-order valence-corrected chi connectivity index (χ3v) is 5.39. The van der Waals surface area contributed by atoms with Crippen molar-refractivity contribution in [2.45, 2.75) is 32.7 Å². The third kappa shape index (κ3) is 4.66. The molecule has 34 heavy (non-hydrogen) atoms. The molecule has 0 bridgehead atoms. The van der Waals surface area contributed by atoms with Crippen LogP contribution in [0.2, 0.25) is 0 Å². The molecule has 0 fully saturated rings. The van der Waals surface area contributed by atoms with Crippen molar-refractivity contribution in [2.75, 3.05) is 0 Å². The van der Waals surface area contributed by atoms with Gasteiger partial charge in [0.05, 0.1) is 12.7 Å². The molecule has 0 amide bonds. The molecule has 0 aliphatic rings. The largest absolute Gasteiger partial charge is 0.412 e. The SMILES string of the molecule is CC(=O)CCCCn1c(=O)c2c(ncn2C)n(C)c1=O.Cn1c(=O)c2[nH]cnc2n(C)c1=O.O. The van der Waals surface area contributed by atoms with Crippen molar-refractivity contribution in [2.24, 2.45) is 28.2 Å².